The topological polar surface area (TPSA) is 42.2 Å². The van der Waals surface area contributed by atoms with Crippen LogP contribution in [0.2, 0.25) is 0 Å². The minimum atomic E-state index is 0.565. The van der Waals surface area contributed by atoms with E-state index in [0.29, 0.717) is 12.0 Å². The first-order valence-electron chi connectivity index (χ1n) is 6.58. The first kappa shape index (κ1) is 11.9. The summed E-state index contributed by atoms with van der Waals surface area (Å²) in [4.78, 5) is 7.07. The van der Waals surface area contributed by atoms with Crippen molar-refractivity contribution in [2.45, 2.75) is 25.3 Å². The fourth-order valence-electron chi connectivity index (χ4n) is 2.95. The van der Waals surface area contributed by atoms with Gasteiger partial charge < -0.3 is 10.6 Å². The molecule has 0 aliphatic heterocycles. The summed E-state index contributed by atoms with van der Waals surface area (Å²) in [5, 5.41) is 1.13. The number of hydrogen-bond donors (Lipinski definition) is 1. The van der Waals surface area contributed by atoms with Crippen molar-refractivity contribution in [3.05, 3.63) is 24.3 Å². The van der Waals surface area contributed by atoms with Crippen LogP contribution in [-0.2, 0) is 0 Å². The second-order valence-corrected chi connectivity index (χ2v) is 6.08. The van der Waals surface area contributed by atoms with Crippen molar-refractivity contribution in [2.24, 2.45) is 11.7 Å². The molecule has 2 aromatic rings. The first-order chi connectivity index (χ1) is 8.79. The Morgan fingerprint density at radius 3 is 3.00 bits per heavy atom. The first-order valence-corrected chi connectivity index (χ1v) is 7.39. The molecule has 0 amide bonds. The van der Waals surface area contributed by atoms with Gasteiger partial charge in [0.1, 0.15) is 0 Å². The van der Waals surface area contributed by atoms with E-state index in [9.17, 15) is 0 Å². The van der Waals surface area contributed by atoms with Gasteiger partial charge in [-0.05, 0) is 37.4 Å². The lowest BCUT2D eigenvalue weighted by atomic mass is 10.0. The van der Waals surface area contributed by atoms with E-state index in [1.165, 1.54) is 24.0 Å². The summed E-state index contributed by atoms with van der Waals surface area (Å²) in [5.74, 6) is 0.627. The summed E-state index contributed by atoms with van der Waals surface area (Å²) < 4.78 is 1.27. The van der Waals surface area contributed by atoms with E-state index in [2.05, 4.69) is 30.1 Å². The lowest BCUT2D eigenvalue weighted by molar-refractivity contribution is 0.474. The smallest absolute Gasteiger partial charge is 0.186 e. The van der Waals surface area contributed by atoms with Crippen LogP contribution in [0.4, 0.5) is 5.13 Å². The maximum absolute atomic E-state index is 5.87. The summed E-state index contributed by atoms with van der Waals surface area (Å²) in [6, 6.07) is 8.90. The number of nitrogens with zero attached hydrogens (tertiary/aromatic N) is 2. The molecule has 3 nitrogen and oxygen atoms in total. The van der Waals surface area contributed by atoms with Gasteiger partial charge in [0.05, 0.1) is 10.2 Å². The minimum Gasteiger partial charge on any atom is -0.348 e. The van der Waals surface area contributed by atoms with E-state index in [-0.39, 0.29) is 0 Å². The fraction of sp³-hybridized carbons (Fsp3) is 0.500. The molecule has 1 heterocycles. The van der Waals surface area contributed by atoms with Gasteiger partial charge in [-0.3, -0.25) is 0 Å². The van der Waals surface area contributed by atoms with Gasteiger partial charge in [0.15, 0.2) is 5.13 Å². The van der Waals surface area contributed by atoms with Crippen LogP contribution in [0, 0.1) is 5.92 Å². The molecule has 18 heavy (non-hydrogen) atoms. The molecule has 1 aromatic heterocycles. The van der Waals surface area contributed by atoms with Crippen molar-refractivity contribution < 1.29 is 0 Å². The largest absolute Gasteiger partial charge is 0.348 e. The van der Waals surface area contributed by atoms with Gasteiger partial charge in [-0.1, -0.05) is 29.9 Å². The van der Waals surface area contributed by atoms with Gasteiger partial charge in [0.2, 0.25) is 0 Å². The number of nitrogens with two attached hydrogens (primary N) is 1. The highest BCUT2D eigenvalue weighted by Gasteiger charge is 2.30. The van der Waals surface area contributed by atoms with Crippen LogP contribution in [0.1, 0.15) is 19.3 Å². The Labute approximate surface area is 112 Å². The third-order valence-corrected chi connectivity index (χ3v) is 5.13. The summed E-state index contributed by atoms with van der Waals surface area (Å²) in [5.41, 5.74) is 6.97. The average molecular weight is 261 g/mol. The molecule has 1 aromatic carbocycles. The zero-order valence-corrected chi connectivity index (χ0v) is 11.5. The number of benzene rings is 1. The number of hydrogen-bond acceptors (Lipinski definition) is 4. The molecule has 0 bridgehead atoms. The second-order valence-electron chi connectivity index (χ2n) is 5.07. The highest BCUT2D eigenvalue weighted by Crippen LogP contribution is 2.35. The Balaban J connectivity index is 1.89. The molecule has 1 aliphatic carbocycles. The summed E-state index contributed by atoms with van der Waals surface area (Å²) in [7, 11) is 2.16. The van der Waals surface area contributed by atoms with Crippen molar-refractivity contribution in [2.75, 3.05) is 18.5 Å². The number of para-hydroxylation sites is 1. The maximum Gasteiger partial charge on any atom is 0.186 e. The number of fused-ring (bicyclic) bond motifs is 1. The molecule has 4 heteroatoms. The molecule has 0 saturated heterocycles. The van der Waals surface area contributed by atoms with Gasteiger partial charge >= 0.3 is 0 Å². The predicted octanol–water partition coefficient (Wildman–Crippen LogP) is 2.86. The lowest BCUT2D eigenvalue weighted by Crippen LogP contribution is -2.37. The standard InChI is InChI=1S/C14H19N3S/c1-17(12-7-4-5-10(12)9-15)14-16-11-6-2-3-8-13(11)18-14/h2-3,6,8,10,12H,4-5,7,9,15H2,1H3. The Morgan fingerprint density at radius 1 is 1.39 bits per heavy atom. The Bertz CT molecular complexity index is 504. The molecule has 3 rings (SSSR count). The molecule has 0 radical (unpaired) electrons. The molecule has 2 unspecified atom stereocenters. The van der Waals surface area contributed by atoms with E-state index >= 15 is 0 Å². The molecule has 2 N–H and O–H groups in total. The van der Waals surface area contributed by atoms with E-state index in [1.807, 2.05) is 6.07 Å². The molecule has 2 atom stereocenters. The summed E-state index contributed by atoms with van der Waals surface area (Å²) in [6.07, 6.45) is 3.80. The Hall–Kier alpha value is -1.13. The molecule has 0 spiro atoms. The van der Waals surface area contributed by atoms with Gasteiger partial charge in [-0.25, -0.2) is 4.98 Å². The summed E-state index contributed by atoms with van der Waals surface area (Å²) in [6.45, 7) is 0.792. The van der Waals surface area contributed by atoms with Gasteiger partial charge in [0.25, 0.3) is 0 Å². The van der Waals surface area contributed by atoms with Gasteiger partial charge in [-0.15, -0.1) is 0 Å². The van der Waals surface area contributed by atoms with Crippen molar-refractivity contribution in [3.63, 3.8) is 0 Å². The van der Waals surface area contributed by atoms with Crippen LogP contribution in [0.15, 0.2) is 24.3 Å². The molecule has 1 aliphatic rings. The van der Waals surface area contributed by atoms with Crippen molar-refractivity contribution in [3.8, 4) is 0 Å². The third-order valence-electron chi connectivity index (χ3n) is 4.00. The van der Waals surface area contributed by atoms with Crippen molar-refractivity contribution in [1.82, 2.24) is 4.98 Å². The van der Waals surface area contributed by atoms with E-state index in [0.717, 1.165) is 17.2 Å². The predicted molar refractivity (Wildman–Crippen MR) is 78.2 cm³/mol. The highest BCUT2D eigenvalue weighted by molar-refractivity contribution is 7.22. The number of rotatable bonds is 3. The van der Waals surface area contributed by atoms with Crippen LogP contribution in [-0.4, -0.2) is 24.6 Å². The average Bonchev–Trinajstić information content (AvgIpc) is 3.03. The van der Waals surface area contributed by atoms with Gasteiger partial charge in [-0.2, -0.15) is 0 Å². The second kappa shape index (κ2) is 4.86. The minimum absolute atomic E-state index is 0.565. The lowest BCUT2D eigenvalue weighted by Gasteiger charge is -2.28. The van der Waals surface area contributed by atoms with Crippen LogP contribution < -0.4 is 10.6 Å². The van der Waals surface area contributed by atoms with Crippen LogP contribution in [0.3, 0.4) is 0 Å². The van der Waals surface area contributed by atoms with E-state index in [4.69, 9.17) is 10.7 Å². The van der Waals surface area contributed by atoms with Crippen molar-refractivity contribution in [1.29, 1.82) is 0 Å². The van der Waals surface area contributed by atoms with E-state index in [1.54, 1.807) is 11.3 Å². The summed E-state index contributed by atoms with van der Waals surface area (Å²) >= 11 is 1.78. The van der Waals surface area contributed by atoms with Crippen molar-refractivity contribution >= 4 is 26.7 Å². The normalized spacial score (nSPS) is 23.7. The zero-order valence-electron chi connectivity index (χ0n) is 10.7. The number of thiazole rings is 1. The maximum atomic E-state index is 5.87. The monoisotopic (exact) mass is 261 g/mol. The molecule has 1 fully saturated rings. The van der Waals surface area contributed by atoms with Gasteiger partial charge in [0, 0.05) is 13.1 Å². The number of aromatic nitrogens is 1. The van der Waals surface area contributed by atoms with E-state index < -0.39 is 0 Å². The quantitative estimate of drug-likeness (QED) is 0.923. The van der Waals surface area contributed by atoms with Crippen LogP contribution in [0.5, 0.6) is 0 Å². The zero-order chi connectivity index (χ0) is 12.5. The fourth-order valence-corrected chi connectivity index (χ4v) is 3.94. The molecule has 96 valence electrons. The Morgan fingerprint density at radius 2 is 2.22 bits per heavy atom. The Kier molecular flexibility index (Phi) is 3.22. The van der Waals surface area contributed by atoms with Crippen LogP contribution >= 0.6 is 11.3 Å². The highest BCUT2D eigenvalue weighted by atomic mass is 32.1. The molecular formula is C14H19N3S. The molecule has 1 saturated carbocycles. The SMILES string of the molecule is CN(c1nc2ccccc2s1)C1CCCC1CN. The third kappa shape index (κ3) is 1.99. The number of anilines is 1. The molecular weight excluding hydrogens is 242 g/mol. The van der Waals surface area contributed by atoms with Crippen LogP contribution in [0.25, 0.3) is 10.2 Å².